The van der Waals surface area contributed by atoms with Gasteiger partial charge in [-0.15, -0.1) is 0 Å². The van der Waals surface area contributed by atoms with Gasteiger partial charge in [0.05, 0.1) is 0 Å². The zero-order valence-corrected chi connectivity index (χ0v) is 6.49. The van der Waals surface area contributed by atoms with Crippen molar-refractivity contribution in [3.8, 4) is 0 Å². The topological polar surface area (TPSA) is 38.0 Å². The maximum Gasteiger partial charge on any atom is 0.0316 e. The van der Waals surface area contributed by atoms with Crippen LogP contribution in [0, 0.1) is 5.41 Å². The molecule has 0 amide bonds. The van der Waals surface area contributed by atoms with Crippen molar-refractivity contribution in [1.82, 2.24) is 5.32 Å². The van der Waals surface area contributed by atoms with E-state index in [2.05, 4.69) is 26.1 Å². The van der Waals surface area contributed by atoms with Gasteiger partial charge in [0.1, 0.15) is 0 Å². The first-order valence-corrected chi connectivity index (χ1v) is 3.45. The summed E-state index contributed by atoms with van der Waals surface area (Å²) in [4.78, 5) is 0. The Bertz CT molecular complexity index is 102. The summed E-state index contributed by atoms with van der Waals surface area (Å²) in [6.45, 7) is 8.49. The van der Waals surface area contributed by atoms with Crippen LogP contribution < -0.4 is 11.1 Å². The second kappa shape index (κ2) is 1.70. The van der Waals surface area contributed by atoms with Crippen molar-refractivity contribution in [2.45, 2.75) is 26.3 Å². The molecule has 1 heterocycles. The molecule has 1 aliphatic heterocycles. The second-order valence-electron chi connectivity index (χ2n) is 3.90. The van der Waals surface area contributed by atoms with Gasteiger partial charge in [-0.05, 0) is 12.3 Å². The lowest BCUT2D eigenvalue weighted by molar-refractivity contribution is 0.257. The minimum atomic E-state index is -0.0208. The molecule has 0 aliphatic carbocycles. The third-order valence-corrected chi connectivity index (χ3v) is 2.61. The third-order valence-electron chi connectivity index (χ3n) is 2.61. The van der Waals surface area contributed by atoms with Crippen LogP contribution in [0.2, 0.25) is 0 Å². The van der Waals surface area contributed by atoms with E-state index in [0.717, 1.165) is 13.1 Å². The van der Waals surface area contributed by atoms with Crippen molar-refractivity contribution >= 4 is 0 Å². The van der Waals surface area contributed by atoms with Crippen molar-refractivity contribution < 1.29 is 0 Å². The summed E-state index contributed by atoms with van der Waals surface area (Å²) in [5, 5.41) is 3.28. The maximum absolute atomic E-state index is 5.99. The fourth-order valence-electron chi connectivity index (χ4n) is 1.08. The van der Waals surface area contributed by atoms with Crippen molar-refractivity contribution in [2.75, 3.05) is 13.1 Å². The van der Waals surface area contributed by atoms with E-state index in [-0.39, 0.29) is 11.0 Å². The smallest absolute Gasteiger partial charge is 0.0316 e. The summed E-state index contributed by atoms with van der Waals surface area (Å²) in [5.74, 6) is 0. The van der Waals surface area contributed by atoms with Gasteiger partial charge in [0, 0.05) is 18.6 Å². The molecule has 0 aromatic rings. The zero-order chi connectivity index (χ0) is 7.12. The molecule has 0 radical (unpaired) electrons. The molecule has 9 heavy (non-hydrogen) atoms. The van der Waals surface area contributed by atoms with Crippen LogP contribution in [0.1, 0.15) is 20.8 Å². The average molecular weight is 128 g/mol. The molecule has 2 nitrogen and oxygen atoms in total. The highest BCUT2D eigenvalue weighted by atomic mass is 15.0. The van der Waals surface area contributed by atoms with Crippen molar-refractivity contribution in [1.29, 1.82) is 0 Å². The van der Waals surface area contributed by atoms with Gasteiger partial charge in [-0.2, -0.15) is 0 Å². The molecule has 2 heteroatoms. The summed E-state index contributed by atoms with van der Waals surface area (Å²) in [5.41, 5.74) is 6.23. The quantitative estimate of drug-likeness (QED) is 0.493. The third kappa shape index (κ3) is 0.970. The Kier molecular flexibility index (Phi) is 1.33. The van der Waals surface area contributed by atoms with Crippen LogP contribution in [0.3, 0.4) is 0 Å². The predicted octanol–water partition coefficient (Wildman–Crippen LogP) is 0.333. The van der Waals surface area contributed by atoms with E-state index in [1.807, 2.05) is 0 Å². The minimum Gasteiger partial charge on any atom is -0.324 e. The molecule has 0 spiro atoms. The van der Waals surface area contributed by atoms with Gasteiger partial charge in [0.2, 0.25) is 0 Å². The number of nitrogens with two attached hydrogens (primary N) is 1. The van der Waals surface area contributed by atoms with Gasteiger partial charge in [0.15, 0.2) is 0 Å². The monoisotopic (exact) mass is 128 g/mol. The molecule has 0 bridgehead atoms. The van der Waals surface area contributed by atoms with E-state index in [1.165, 1.54) is 0 Å². The van der Waals surface area contributed by atoms with Crippen LogP contribution in [-0.4, -0.2) is 18.6 Å². The van der Waals surface area contributed by atoms with Gasteiger partial charge < -0.3 is 11.1 Å². The first-order valence-electron chi connectivity index (χ1n) is 3.45. The predicted molar refractivity (Wildman–Crippen MR) is 39.2 cm³/mol. The largest absolute Gasteiger partial charge is 0.324 e. The van der Waals surface area contributed by atoms with Crippen LogP contribution in [0.5, 0.6) is 0 Å². The van der Waals surface area contributed by atoms with Crippen LogP contribution in [-0.2, 0) is 0 Å². The van der Waals surface area contributed by atoms with Crippen LogP contribution >= 0.6 is 0 Å². The molecule has 1 aliphatic rings. The summed E-state index contributed by atoms with van der Waals surface area (Å²) < 4.78 is 0. The molecule has 54 valence electrons. The summed E-state index contributed by atoms with van der Waals surface area (Å²) >= 11 is 0. The number of hydrogen-bond acceptors (Lipinski definition) is 2. The van der Waals surface area contributed by atoms with Gasteiger partial charge in [-0.3, -0.25) is 0 Å². The van der Waals surface area contributed by atoms with Gasteiger partial charge in [0.25, 0.3) is 0 Å². The zero-order valence-electron chi connectivity index (χ0n) is 6.49. The Labute approximate surface area is 56.8 Å². The normalized spacial score (nSPS) is 41.3. The SMILES string of the molecule is CC1(C)CNC[C@]1(C)N. The van der Waals surface area contributed by atoms with E-state index in [0.29, 0.717) is 0 Å². The fourth-order valence-corrected chi connectivity index (χ4v) is 1.08. The van der Waals surface area contributed by atoms with Gasteiger partial charge in [-0.1, -0.05) is 13.8 Å². The average Bonchev–Trinajstić information content (AvgIpc) is 1.81. The summed E-state index contributed by atoms with van der Waals surface area (Å²) in [7, 11) is 0. The lowest BCUT2D eigenvalue weighted by Crippen LogP contribution is -2.49. The van der Waals surface area contributed by atoms with E-state index in [4.69, 9.17) is 5.73 Å². The highest BCUT2D eigenvalue weighted by molar-refractivity contribution is 5.02. The molecule has 0 aromatic carbocycles. The first-order chi connectivity index (χ1) is 3.96. The lowest BCUT2D eigenvalue weighted by Gasteiger charge is -2.32. The summed E-state index contributed by atoms with van der Waals surface area (Å²) in [6.07, 6.45) is 0. The van der Waals surface area contributed by atoms with Crippen molar-refractivity contribution in [3.05, 3.63) is 0 Å². The highest BCUT2D eigenvalue weighted by Crippen LogP contribution is 2.31. The summed E-state index contributed by atoms with van der Waals surface area (Å²) in [6, 6.07) is 0. The molecular weight excluding hydrogens is 112 g/mol. The molecule has 1 rings (SSSR count). The molecule has 0 saturated carbocycles. The Balaban J connectivity index is 2.75. The molecule has 0 aromatic heterocycles. The van der Waals surface area contributed by atoms with Crippen LogP contribution in [0.15, 0.2) is 0 Å². The Morgan fingerprint density at radius 1 is 1.22 bits per heavy atom. The van der Waals surface area contributed by atoms with Gasteiger partial charge >= 0.3 is 0 Å². The standard InChI is InChI=1S/C7H16N2/c1-6(2)4-9-5-7(6,3)8/h9H,4-5,8H2,1-3H3/t7-/m0/s1. The van der Waals surface area contributed by atoms with Crippen LogP contribution in [0.4, 0.5) is 0 Å². The van der Waals surface area contributed by atoms with E-state index >= 15 is 0 Å². The molecule has 1 atom stereocenters. The lowest BCUT2D eigenvalue weighted by atomic mass is 9.77. The molecule has 1 fully saturated rings. The van der Waals surface area contributed by atoms with Crippen molar-refractivity contribution in [3.63, 3.8) is 0 Å². The molecule has 3 N–H and O–H groups in total. The van der Waals surface area contributed by atoms with Crippen molar-refractivity contribution in [2.24, 2.45) is 11.1 Å². The highest BCUT2D eigenvalue weighted by Gasteiger charge is 2.41. The number of rotatable bonds is 0. The Morgan fingerprint density at radius 2 is 1.78 bits per heavy atom. The van der Waals surface area contributed by atoms with Gasteiger partial charge in [-0.25, -0.2) is 0 Å². The van der Waals surface area contributed by atoms with E-state index in [1.54, 1.807) is 0 Å². The molecule has 0 unspecified atom stereocenters. The molecule has 1 saturated heterocycles. The fraction of sp³-hybridized carbons (Fsp3) is 1.00. The number of hydrogen-bond donors (Lipinski definition) is 2. The van der Waals surface area contributed by atoms with E-state index in [9.17, 15) is 0 Å². The number of nitrogens with one attached hydrogen (secondary N) is 1. The Morgan fingerprint density at radius 3 is 1.89 bits per heavy atom. The Hall–Kier alpha value is -0.0800. The first kappa shape index (κ1) is 7.03. The van der Waals surface area contributed by atoms with E-state index < -0.39 is 0 Å². The molecular formula is C7H16N2. The van der Waals surface area contributed by atoms with Crippen LogP contribution in [0.25, 0.3) is 0 Å². The maximum atomic E-state index is 5.99. The minimum absolute atomic E-state index is 0.0208. The second-order valence-corrected chi connectivity index (χ2v) is 3.90.